The van der Waals surface area contributed by atoms with Crippen molar-refractivity contribution >= 4 is 22.5 Å². The molecule has 0 amide bonds. The van der Waals surface area contributed by atoms with Gasteiger partial charge in [-0.3, -0.25) is 4.98 Å². The lowest BCUT2D eigenvalue weighted by Gasteiger charge is -2.19. The number of halogens is 4. The van der Waals surface area contributed by atoms with Crippen molar-refractivity contribution < 1.29 is 13.2 Å². The number of benzene rings is 1. The van der Waals surface area contributed by atoms with Crippen LogP contribution in [-0.2, 0) is 0 Å². The van der Waals surface area contributed by atoms with Crippen LogP contribution in [-0.4, -0.2) is 16.1 Å². The molecule has 1 atom stereocenters. The number of pyridine rings is 2. The van der Waals surface area contributed by atoms with E-state index in [9.17, 15) is 13.2 Å². The summed E-state index contributed by atoms with van der Waals surface area (Å²) >= 11 is 6.11. The Labute approximate surface area is 134 Å². The summed E-state index contributed by atoms with van der Waals surface area (Å²) in [7, 11) is 0. The van der Waals surface area contributed by atoms with E-state index in [1.807, 2.05) is 0 Å². The second-order valence-corrected chi connectivity index (χ2v) is 5.41. The summed E-state index contributed by atoms with van der Waals surface area (Å²) in [6, 6.07) is 7.42. The number of fused-ring (bicyclic) bond motifs is 1. The van der Waals surface area contributed by atoms with Gasteiger partial charge in [0.1, 0.15) is 6.04 Å². The molecule has 2 N–H and O–H groups in total. The van der Waals surface area contributed by atoms with E-state index in [2.05, 4.69) is 9.97 Å². The van der Waals surface area contributed by atoms with Crippen LogP contribution in [0.5, 0.6) is 0 Å². The number of nitrogens with two attached hydrogens (primary N) is 1. The van der Waals surface area contributed by atoms with Gasteiger partial charge in [0.2, 0.25) is 0 Å². The Kier molecular flexibility index (Phi) is 3.95. The molecular formula is C16H11ClF3N3. The van der Waals surface area contributed by atoms with Gasteiger partial charge < -0.3 is 5.73 Å². The number of hydrogen-bond acceptors (Lipinski definition) is 3. The molecule has 0 radical (unpaired) electrons. The Hall–Kier alpha value is -2.18. The van der Waals surface area contributed by atoms with Gasteiger partial charge in [-0.25, -0.2) is 4.98 Å². The quantitative estimate of drug-likeness (QED) is 0.748. The lowest BCUT2D eigenvalue weighted by Crippen LogP contribution is -2.29. The highest BCUT2D eigenvalue weighted by molar-refractivity contribution is 6.35. The van der Waals surface area contributed by atoms with Crippen molar-refractivity contribution in [1.29, 1.82) is 0 Å². The van der Waals surface area contributed by atoms with Crippen molar-refractivity contribution in [3.63, 3.8) is 0 Å². The largest absolute Gasteiger partial charge is 0.407 e. The molecule has 3 aromatic rings. The van der Waals surface area contributed by atoms with E-state index in [0.717, 1.165) is 0 Å². The molecule has 0 spiro atoms. The molecule has 2 heterocycles. The fourth-order valence-electron chi connectivity index (χ4n) is 2.33. The summed E-state index contributed by atoms with van der Waals surface area (Å²) in [5.74, 6) is 0. The smallest absolute Gasteiger partial charge is 0.316 e. The monoisotopic (exact) mass is 337 g/mol. The standard InChI is InChI=1S/C16H11ClF3N3/c17-12-5-1-3-9-7-11(15(21)16(18,19)20)13(23-14(9)12)10-4-2-6-22-8-10/h1-8,15H,21H2/t15-/m1/s1. The Bertz CT molecular complexity index is 850. The number of aromatic nitrogens is 2. The molecule has 3 nitrogen and oxygen atoms in total. The molecule has 2 aromatic heterocycles. The molecule has 0 aliphatic rings. The van der Waals surface area contributed by atoms with Gasteiger partial charge in [-0.15, -0.1) is 0 Å². The second-order valence-electron chi connectivity index (χ2n) is 5.00. The first-order valence-electron chi connectivity index (χ1n) is 6.70. The average molecular weight is 338 g/mol. The molecule has 0 bridgehead atoms. The Balaban J connectivity index is 2.32. The average Bonchev–Trinajstić information content (AvgIpc) is 2.53. The van der Waals surface area contributed by atoms with E-state index in [-0.39, 0.29) is 11.3 Å². The zero-order valence-electron chi connectivity index (χ0n) is 11.7. The predicted molar refractivity (Wildman–Crippen MR) is 83.0 cm³/mol. The molecule has 118 valence electrons. The first kappa shape index (κ1) is 15.7. The molecule has 0 aliphatic carbocycles. The summed E-state index contributed by atoms with van der Waals surface area (Å²) in [6.45, 7) is 0. The van der Waals surface area contributed by atoms with Gasteiger partial charge in [0.05, 0.1) is 16.2 Å². The van der Waals surface area contributed by atoms with E-state index >= 15 is 0 Å². The minimum Gasteiger partial charge on any atom is -0.316 e. The molecule has 0 saturated carbocycles. The third-order valence-corrected chi connectivity index (χ3v) is 3.75. The topological polar surface area (TPSA) is 51.8 Å². The molecule has 0 aliphatic heterocycles. The highest BCUT2D eigenvalue weighted by Crippen LogP contribution is 2.37. The minimum absolute atomic E-state index is 0.111. The maximum Gasteiger partial charge on any atom is 0.407 e. The summed E-state index contributed by atoms with van der Waals surface area (Å²) in [4.78, 5) is 8.26. The van der Waals surface area contributed by atoms with Crippen LogP contribution in [0.1, 0.15) is 11.6 Å². The van der Waals surface area contributed by atoms with Crippen LogP contribution in [0.2, 0.25) is 5.02 Å². The molecule has 23 heavy (non-hydrogen) atoms. The number of hydrogen-bond donors (Lipinski definition) is 1. The van der Waals surface area contributed by atoms with Crippen molar-refractivity contribution in [2.75, 3.05) is 0 Å². The van der Waals surface area contributed by atoms with Crippen LogP contribution in [0.25, 0.3) is 22.2 Å². The van der Waals surface area contributed by atoms with Crippen molar-refractivity contribution in [3.8, 4) is 11.3 Å². The molecule has 3 rings (SSSR count). The van der Waals surface area contributed by atoms with E-state index in [1.54, 1.807) is 30.3 Å². The molecule has 1 aromatic carbocycles. The van der Waals surface area contributed by atoms with Crippen molar-refractivity contribution in [2.24, 2.45) is 5.73 Å². The Morgan fingerprint density at radius 1 is 1.13 bits per heavy atom. The summed E-state index contributed by atoms with van der Waals surface area (Å²) in [5, 5.41) is 0.861. The van der Waals surface area contributed by atoms with Crippen LogP contribution in [0, 0.1) is 0 Å². The van der Waals surface area contributed by atoms with Crippen molar-refractivity contribution in [1.82, 2.24) is 9.97 Å². The van der Waals surface area contributed by atoms with Crippen LogP contribution < -0.4 is 5.73 Å². The Morgan fingerprint density at radius 3 is 2.57 bits per heavy atom. The zero-order valence-corrected chi connectivity index (χ0v) is 12.4. The molecule has 0 unspecified atom stereocenters. The number of rotatable bonds is 2. The van der Waals surface area contributed by atoms with Crippen molar-refractivity contribution in [3.05, 3.63) is 59.4 Å². The van der Waals surface area contributed by atoms with Crippen LogP contribution in [0.15, 0.2) is 48.8 Å². The third kappa shape index (κ3) is 3.00. The van der Waals surface area contributed by atoms with E-state index in [1.165, 1.54) is 18.5 Å². The van der Waals surface area contributed by atoms with Gasteiger partial charge in [-0.2, -0.15) is 13.2 Å². The van der Waals surface area contributed by atoms with Gasteiger partial charge in [0.25, 0.3) is 0 Å². The fourth-order valence-corrected chi connectivity index (χ4v) is 2.55. The summed E-state index contributed by atoms with van der Waals surface area (Å²) < 4.78 is 39.3. The molecular weight excluding hydrogens is 327 g/mol. The number of nitrogens with zero attached hydrogens (tertiary/aromatic N) is 2. The lowest BCUT2D eigenvalue weighted by molar-refractivity contribution is -0.149. The molecule has 7 heteroatoms. The fraction of sp³-hybridized carbons (Fsp3) is 0.125. The van der Waals surface area contributed by atoms with Crippen LogP contribution >= 0.6 is 11.6 Å². The summed E-state index contributed by atoms with van der Waals surface area (Å²) in [6.07, 6.45) is -1.61. The van der Waals surface area contributed by atoms with E-state index < -0.39 is 12.2 Å². The van der Waals surface area contributed by atoms with Gasteiger partial charge in [-0.1, -0.05) is 23.7 Å². The number of para-hydroxylation sites is 1. The van der Waals surface area contributed by atoms with E-state index in [0.29, 0.717) is 21.5 Å². The van der Waals surface area contributed by atoms with Gasteiger partial charge >= 0.3 is 6.18 Å². The normalized spacial score (nSPS) is 13.3. The molecule has 0 fully saturated rings. The first-order valence-corrected chi connectivity index (χ1v) is 7.07. The van der Waals surface area contributed by atoms with Crippen molar-refractivity contribution in [2.45, 2.75) is 12.2 Å². The van der Waals surface area contributed by atoms with Gasteiger partial charge in [0, 0.05) is 28.9 Å². The zero-order chi connectivity index (χ0) is 16.6. The third-order valence-electron chi connectivity index (χ3n) is 3.45. The highest BCUT2D eigenvalue weighted by atomic mass is 35.5. The molecule has 0 saturated heterocycles. The lowest BCUT2D eigenvalue weighted by atomic mass is 9.98. The van der Waals surface area contributed by atoms with Gasteiger partial charge in [0.15, 0.2) is 0 Å². The van der Waals surface area contributed by atoms with Gasteiger partial charge in [-0.05, 0) is 24.3 Å². The SMILES string of the molecule is N[C@H](c1cc2cccc(Cl)c2nc1-c1cccnc1)C(F)(F)F. The van der Waals surface area contributed by atoms with Crippen LogP contribution in [0.3, 0.4) is 0 Å². The Morgan fingerprint density at radius 2 is 1.91 bits per heavy atom. The minimum atomic E-state index is -4.58. The maximum atomic E-state index is 13.1. The van der Waals surface area contributed by atoms with E-state index in [4.69, 9.17) is 17.3 Å². The van der Waals surface area contributed by atoms with Crippen LogP contribution in [0.4, 0.5) is 13.2 Å². The summed E-state index contributed by atoms with van der Waals surface area (Å²) in [5.41, 5.74) is 6.31. The second kappa shape index (κ2) is 5.79. The number of alkyl halides is 3. The predicted octanol–water partition coefficient (Wildman–Crippen LogP) is 4.51. The first-order chi connectivity index (χ1) is 10.9. The highest BCUT2D eigenvalue weighted by Gasteiger charge is 2.39. The maximum absolute atomic E-state index is 13.1.